The van der Waals surface area contributed by atoms with Gasteiger partial charge in [-0.15, -0.1) is 11.3 Å². The number of nitrogens with two attached hydrogens (primary N) is 1. The molecule has 9 nitrogen and oxygen atoms in total. The van der Waals surface area contributed by atoms with E-state index in [9.17, 15) is 26.0 Å². The summed E-state index contributed by atoms with van der Waals surface area (Å²) in [7, 11) is -3.97. The van der Waals surface area contributed by atoms with Gasteiger partial charge in [-0.3, -0.25) is 4.40 Å². The van der Waals surface area contributed by atoms with Crippen molar-refractivity contribution in [1.29, 1.82) is 0 Å². The average Bonchev–Trinajstić information content (AvgIpc) is 3.51. The zero-order valence-electron chi connectivity index (χ0n) is 20.5. The number of thiazole rings is 1. The molecular formula is C25H21F4N7O2S2. The third-order valence-electron chi connectivity index (χ3n) is 5.85. The van der Waals surface area contributed by atoms with Crippen LogP contribution in [0.25, 0.3) is 27.6 Å². The van der Waals surface area contributed by atoms with E-state index < -0.39 is 27.6 Å². The zero-order valence-corrected chi connectivity index (χ0v) is 22.1. The third-order valence-corrected chi connectivity index (χ3v) is 8.08. The SMILES string of the molecule is Nc1cc(-c2nc3sccn3c2-c2ccnc(NCCCNS(=O)(=O)c3ccc(C(F)(F)F)cc3)n2)ccc1F. The van der Waals surface area contributed by atoms with Crippen molar-refractivity contribution < 1.29 is 26.0 Å². The largest absolute Gasteiger partial charge is 0.416 e. The molecule has 2 aromatic carbocycles. The Kier molecular flexibility index (Phi) is 7.44. The Morgan fingerprint density at radius 1 is 1.02 bits per heavy atom. The van der Waals surface area contributed by atoms with Crippen LogP contribution in [0.5, 0.6) is 0 Å². The first kappa shape index (κ1) is 27.5. The normalized spacial score (nSPS) is 12.2. The summed E-state index contributed by atoms with van der Waals surface area (Å²) in [4.78, 5) is 13.9. The average molecular weight is 592 g/mol. The van der Waals surface area contributed by atoms with Crippen molar-refractivity contribution in [2.24, 2.45) is 0 Å². The molecule has 3 aromatic heterocycles. The molecule has 0 unspecified atom stereocenters. The molecule has 0 aliphatic carbocycles. The molecule has 15 heteroatoms. The highest BCUT2D eigenvalue weighted by molar-refractivity contribution is 7.89. The van der Waals surface area contributed by atoms with Crippen LogP contribution in [0.3, 0.4) is 0 Å². The Morgan fingerprint density at radius 2 is 1.80 bits per heavy atom. The lowest BCUT2D eigenvalue weighted by atomic mass is 10.1. The minimum Gasteiger partial charge on any atom is -0.396 e. The molecule has 5 rings (SSSR count). The van der Waals surface area contributed by atoms with Crippen LogP contribution in [0, 0.1) is 5.82 Å². The van der Waals surface area contributed by atoms with Crippen LogP contribution in [0.4, 0.5) is 29.2 Å². The van der Waals surface area contributed by atoms with E-state index in [1.54, 1.807) is 18.3 Å². The lowest BCUT2D eigenvalue weighted by molar-refractivity contribution is -0.137. The van der Waals surface area contributed by atoms with Crippen LogP contribution in [-0.2, 0) is 16.2 Å². The molecule has 0 radical (unpaired) electrons. The van der Waals surface area contributed by atoms with Crippen molar-refractivity contribution in [3.63, 3.8) is 0 Å². The van der Waals surface area contributed by atoms with Crippen LogP contribution >= 0.6 is 11.3 Å². The summed E-state index contributed by atoms with van der Waals surface area (Å²) in [5.74, 6) is -0.237. The number of nitrogen functional groups attached to an aromatic ring is 1. The number of aromatic nitrogens is 4. The summed E-state index contributed by atoms with van der Waals surface area (Å²) in [5, 5.41) is 4.91. The number of anilines is 2. The fourth-order valence-corrected chi connectivity index (χ4v) is 5.69. The molecule has 0 aliphatic heterocycles. The van der Waals surface area contributed by atoms with Crippen LogP contribution in [-0.4, -0.2) is 40.9 Å². The van der Waals surface area contributed by atoms with Gasteiger partial charge in [0.15, 0.2) is 4.96 Å². The molecule has 40 heavy (non-hydrogen) atoms. The summed E-state index contributed by atoms with van der Waals surface area (Å²) >= 11 is 1.43. The second-order valence-corrected chi connectivity index (χ2v) is 11.2. The lowest BCUT2D eigenvalue weighted by Crippen LogP contribution is -2.26. The van der Waals surface area contributed by atoms with Gasteiger partial charge in [0, 0.05) is 36.4 Å². The molecule has 0 spiro atoms. The maximum absolute atomic E-state index is 13.8. The number of alkyl halides is 3. The number of benzene rings is 2. The number of imidazole rings is 1. The monoisotopic (exact) mass is 591 g/mol. The number of halogens is 4. The summed E-state index contributed by atoms with van der Waals surface area (Å²) in [6, 6.07) is 9.37. The number of hydrogen-bond donors (Lipinski definition) is 3. The maximum Gasteiger partial charge on any atom is 0.416 e. The number of fused-ring (bicyclic) bond motifs is 1. The number of hydrogen-bond acceptors (Lipinski definition) is 8. The first-order valence-electron chi connectivity index (χ1n) is 11.8. The minimum atomic E-state index is -4.55. The van der Waals surface area contributed by atoms with Gasteiger partial charge in [-0.05, 0) is 55.0 Å². The van der Waals surface area contributed by atoms with E-state index in [0.29, 0.717) is 40.6 Å². The number of rotatable bonds is 9. The topological polar surface area (TPSA) is 127 Å². The molecule has 0 saturated heterocycles. The smallest absolute Gasteiger partial charge is 0.396 e. The minimum absolute atomic E-state index is 0.00112. The summed E-state index contributed by atoms with van der Waals surface area (Å²) in [6.45, 7) is 0.338. The van der Waals surface area contributed by atoms with Crippen LogP contribution in [0.1, 0.15) is 12.0 Å². The fourth-order valence-electron chi connectivity index (χ4n) is 3.90. The predicted octanol–water partition coefficient (Wildman–Crippen LogP) is 5.04. The molecule has 0 amide bonds. The van der Waals surface area contributed by atoms with Gasteiger partial charge in [0.25, 0.3) is 0 Å². The van der Waals surface area contributed by atoms with Crippen molar-refractivity contribution in [1.82, 2.24) is 24.1 Å². The lowest BCUT2D eigenvalue weighted by Gasteiger charge is -2.10. The standard InChI is InChI=1S/C25H21F4N7O2S2/c26-18-7-2-15(14-19(18)30)21-22(36-12-13-39-24(36)35-21)20-8-11-32-23(34-20)31-9-1-10-33-40(37,38)17-5-3-16(4-6-17)25(27,28)29/h2-8,11-14,33H,1,9-10,30H2,(H,31,32,34). The number of sulfonamides is 1. The van der Waals surface area contributed by atoms with Crippen LogP contribution in [0.2, 0.25) is 0 Å². The molecule has 4 N–H and O–H groups in total. The Hall–Kier alpha value is -4.08. The van der Waals surface area contributed by atoms with E-state index in [-0.39, 0.29) is 23.1 Å². The van der Waals surface area contributed by atoms with E-state index in [0.717, 1.165) is 24.3 Å². The highest BCUT2D eigenvalue weighted by Gasteiger charge is 2.30. The van der Waals surface area contributed by atoms with Crippen molar-refractivity contribution in [3.05, 3.63) is 77.7 Å². The van der Waals surface area contributed by atoms with Crippen LogP contribution in [0.15, 0.2) is 71.2 Å². The molecule has 208 valence electrons. The third kappa shape index (κ3) is 5.76. The molecule has 0 bridgehead atoms. The fraction of sp³-hybridized carbons (Fsp3) is 0.160. The number of nitrogens with one attached hydrogen (secondary N) is 2. The second-order valence-electron chi connectivity index (χ2n) is 8.57. The highest BCUT2D eigenvalue weighted by Crippen LogP contribution is 2.35. The van der Waals surface area contributed by atoms with Gasteiger partial charge in [0.05, 0.1) is 27.5 Å². The molecule has 5 aromatic rings. The van der Waals surface area contributed by atoms with Gasteiger partial charge in [-0.25, -0.2) is 32.5 Å². The number of nitrogens with zero attached hydrogens (tertiary/aromatic N) is 4. The molecule has 0 saturated carbocycles. The Balaban J connectivity index is 1.25. The Bertz CT molecular complexity index is 1770. The first-order chi connectivity index (χ1) is 19.0. The van der Waals surface area contributed by atoms with Crippen molar-refractivity contribution in [2.75, 3.05) is 24.1 Å². The molecule has 0 atom stereocenters. The second kappa shape index (κ2) is 10.8. The molecule has 0 fully saturated rings. The molecule has 3 heterocycles. The van der Waals surface area contributed by atoms with Crippen LogP contribution < -0.4 is 15.8 Å². The van der Waals surface area contributed by atoms with Gasteiger partial charge < -0.3 is 11.1 Å². The first-order valence-corrected chi connectivity index (χ1v) is 14.1. The zero-order chi connectivity index (χ0) is 28.5. The van der Waals surface area contributed by atoms with Crippen molar-refractivity contribution in [3.8, 4) is 22.6 Å². The van der Waals surface area contributed by atoms with Crippen molar-refractivity contribution in [2.45, 2.75) is 17.5 Å². The van der Waals surface area contributed by atoms with Gasteiger partial charge in [0.1, 0.15) is 11.5 Å². The Labute approximate surface area is 229 Å². The summed E-state index contributed by atoms with van der Waals surface area (Å²) < 4.78 is 81.0. The van der Waals surface area contributed by atoms with E-state index in [4.69, 9.17) is 5.73 Å². The van der Waals surface area contributed by atoms with Gasteiger partial charge >= 0.3 is 6.18 Å². The maximum atomic E-state index is 13.8. The van der Waals surface area contributed by atoms with E-state index in [1.807, 2.05) is 16.0 Å². The van der Waals surface area contributed by atoms with Gasteiger partial charge in [-0.2, -0.15) is 13.2 Å². The summed E-state index contributed by atoms with van der Waals surface area (Å²) in [5.41, 5.74) is 7.25. The van der Waals surface area contributed by atoms with Crippen molar-refractivity contribution >= 4 is 38.0 Å². The molecular weight excluding hydrogens is 570 g/mol. The summed E-state index contributed by atoms with van der Waals surface area (Å²) in [6.07, 6.45) is -0.802. The highest BCUT2D eigenvalue weighted by atomic mass is 32.2. The van der Waals surface area contributed by atoms with Gasteiger partial charge in [-0.1, -0.05) is 0 Å². The predicted molar refractivity (Wildman–Crippen MR) is 144 cm³/mol. The van der Waals surface area contributed by atoms with E-state index >= 15 is 0 Å². The Morgan fingerprint density at radius 3 is 2.52 bits per heavy atom. The van der Waals surface area contributed by atoms with Gasteiger partial charge in [0.2, 0.25) is 16.0 Å². The molecule has 0 aliphatic rings. The van der Waals surface area contributed by atoms with E-state index in [2.05, 4.69) is 25.0 Å². The van der Waals surface area contributed by atoms with E-state index in [1.165, 1.54) is 23.5 Å². The quantitative estimate of drug-likeness (QED) is 0.125.